The van der Waals surface area contributed by atoms with Gasteiger partial charge in [0.25, 0.3) is 5.69 Å². The number of benzene rings is 1. The lowest BCUT2D eigenvalue weighted by atomic mass is 10.1. The Morgan fingerprint density at radius 3 is 2.73 bits per heavy atom. The third kappa shape index (κ3) is 2.47. The van der Waals surface area contributed by atoms with Crippen LogP contribution in [0, 0.1) is 10.1 Å². The van der Waals surface area contributed by atoms with E-state index in [2.05, 4.69) is 15.9 Å². The van der Waals surface area contributed by atoms with Crippen molar-refractivity contribution < 1.29 is 14.8 Å². The minimum absolute atomic E-state index is 0.177. The predicted octanol–water partition coefficient (Wildman–Crippen LogP) is 2.67. The third-order valence-electron chi connectivity index (χ3n) is 1.77. The maximum Gasteiger partial charge on any atom is 0.280 e. The maximum atomic E-state index is 10.7. The van der Waals surface area contributed by atoms with Crippen LogP contribution in [0.2, 0.25) is 0 Å². The summed E-state index contributed by atoms with van der Waals surface area (Å²) in [7, 11) is 1.38. The molecule has 1 aromatic rings. The molecule has 5 nitrogen and oxygen atoms in total. The highest BCUT2D eigenvalue weighted by atomic mass is 79.9. The summed E-state index contributed by atoms with van der Waals surface area (Å²) in [4.78, 5) is 11.6. The molecule has 1 N–H and O–H groups in total. The number of hydrogen-bond donors (Lipinski definition) is 1. The molecule has 0 saturated carbocycles. The molecule has 0 saturated heterocycles. The first kappa shape index (κ1) is 11.5. The SMILES string of the molecule is COc1cc(/C=C/Br)c([N+](=O)[O-])cc1O. The second-order valence-corrected chi connectivity index (χ2v) is 3.16. The lowest BCUT2D eigenvalue weighted by Gasteiger charge is -2.04. The number of halogens is 1. The van der Waals surface area contributed by atoms with Crippen molar-refractivity contribution in [2.24, 2.45) is 0 Å². The molecular formula is C9H8BrNO4. The Balaban J connectivity index is 3.38. The van der Waals surface area contributed by atoms with Gasteiger partial charge in [0, 0.05) is 0 Å². The molecule has 0 aliphatic rings. The smallest absolute Gasteiger partial charge is 0.280 e. The van der Waals surface area contributed by atoms with Crippen molar-refractivity contribution in [2.45, 2.75) is 0 Å². The quantitative estimate of drug-likeness (QED) is 0.679. The van der Waals surface area contributed by atoms with Gasteiger partial charge < -0.3 is 9.84 Å². The topological polar surface area (TPSA) is 72.6 Å². The van der Waals surface area contributed by atoms with Crippen LogP contribution in [-0.4, -0.2) is 17.1 Å². The van der Waals surface area contributed by atoms with Crippen LogP contribution in [0.5, 0.6) is 11.5 Å². The van der Waals surface area contributed by atoms with Crippen LogP contribution in [0.25, 0.3) is 6.08 Å². The fraction of sp³-hybridized carbons (Fsp3) is 0.111. The second kappa shape index (κ2) is 4.79. The van der Waals surface area contributed by atoms with Gasteiger partial charge in [0.2, 0.25) is 0 Å². The monoisotopic (exact) mass is 273 g/mol. The van der Waals surface area contributed by atoms with Crippen molar-refractivity contribution in [1.29, 1.82) is 0 Å². The van der Waals surface area contributed by atoms with Crippen LogP contribution in [0.1, 0.15) is 5.56 Å². The number of phenols is 1. The summed E-state index contributed by atoms with van der Waals surface area (Å²) in [5.74, 6) is -0.0582. The average molecular weight is 274 g/mol. The molecule has 80 valence electrons. The summed E-state index contributed by atoms with van der Waals surface area (Å²) < 4.78 is 4.84. The normalized spacial score (nSPS) is 10.5. The first-order valence-electron chi connectivity index (χ1n) is 3.92. The molecule has 0 fully saturated rings. The van der Waals surface area contributed by atoms with E-state index in [1.807, 2.05) is 0 Å². The highest BCUT2D eigenvalue weighted by Gasteiger charge is 2.16. The molecular weight excluding hydrogens is 266 g/mol. The second-order valence-electron chi connectivity index (χ2n) is 2.63. The minimum atomic E-state index is -0.568. The Bertz CT molecular complexity index is 417. The fourth-order valence-corrected chi connectivity index (χ4v) is 1.38. The molecule has 0 heterocycles. The summed E-state index contributed by atoms with van der Waals surface area (Å²) in [5.41, 5.74) is 0.176. The van der Waals surface area contributed by atoms with E-state index in [1.54, 1.807) is 0 Å². The Kier molecular flexibility index (Phi) is 3.68. The Hall–Kier alpha value is -1.56. The van der Waals surface area contributed by atoms with E-state index in [9.17, 15) is 15.2 Å². The van der Waals surface area contributed by atoms with Gasteiger partial charge in [-0.1, -0.05) is 15.9 Å². The molecule has 0 amide bonds. The number of hydrogen-bond acceptors (Lipinski definition) is 4. The molecule has 0 bridgehead atoms. The van der Waals surface area contributed by atoms with Gasteiger partial charge in [-0.3, -0.25) is 10.1 Å². The summed E-state index contributed by atoms with van der Waals surface area (Å²) in [6, 6.07) is 2.45. The van der Waals surface area contributed by atoms with Crippen LogP contribution in [0.3, 0.4) is 0 Å². The molecule has 0 atom stereocenters. The van der Waals surface area contributed by atoms with Crippen molar-refractivity contribution in [3.63, 3.8) is 0 Å². The number of phenolic OH excluding ortho intramolecular Hbond substituents is 1. The number of ether oxygens (including phenoxy) is 1. The fourth-order valence-electron chi connectivity index (χ4n) is 1.10. The average Bonchev–Trinajstić information content (AvgIpc) is 2.20. The van der Waals surface area contributed by atoms with Crippen molar-refractivity contribution >= 4 is 27.7 Å². The lowest BCUT2D eigenvalue weighted by molar-refractivity contribution is -0.385. The van der Waals surface area contributed by atoms with E-state index in [4.69, 9.17) is 4.74 Å². The zero-order chi connectivity index (χ0) is 11.4. The van der Waals surface area contributed by atoms with E-state index < -0.39 is 4.92 Å². The first-order chi connectivity index (χ1) is 7.10. The van der Waals surface area contributed by atoms with E-state index in [1.165, 1.54) is 24.2 Å². The zero-order valence-corrected chi connectivity index (χ0v) is 9.39. The molecule has 0 unspecified atom stereocenters. The summed E-state index contributed by atoms with van der Waals surface area (Å²) in [6.07, 6.45) is 1.50. The molecule has 0 aliphatic heterocycles. The predicted molar refractivity (Wildman–Crippen MR) is 59.3 cm³/mol. The highest BCUT2D eigenvalue weighted by Crippen LogP contribution is 2.34. The van der Waals surface area contributed by atoms with Gasteiger partial charge >= 0.3 is 0 Å². The highest BCUT2D eigenvalue weighted by molar-refractivity contribution is 9.11. The van der Waals surface area contributed by atoms with E-state index >= 15 is 0 Å². The number of rotatable bonds is 3. The summed E-state index contributed by atoms with van der Waals surface area (Å²) in [5, 5.41) is 20.0. The molecule has 0 radical (unpaired) electrons. The number of nitrogens with zero attached hydrogens (tertiary/aromatic N) is 1. The number of methoxy groups -OCH3 is 1. The van der Waals surface area contributed by atoms with Gasteiger partial charge in [0.1, 0.15) is 0 Å². The number of nitro groups is 1. The Morgan fingerprint density at radius 1 is 1.60 bits per heavy atom. The zero-order valence-electron chi connectivity index (χ0n) is 7.81. The molecule has 0 aliphatic carbocycles. The molecule has 6 heteroatoms. The van der Waals surface area contributed by atoms with Crippen molar-refractivity contribution in [3.05, 3.63) is 32.8 Å². The summed E-state index contributed by atoms with van der Waals surface area (Å²) in [6.45, 7) is 0. The third-order valence-corrected chi connectivity index (χ3v) is 2.03. The van der Waals surface area contributed by atoms with Gasteiger partial charge in [-0.05, 0) is 17.1 Å². The number of nitro benzene ring substituents is 1. The van der Waals surface area contributed by atoms with Gasteiger partial charge in [0.15, 0.2) is 11.5 Å². The molecule has 15 heavy (non-hydrogen) atoms. The van der Waals surface area contributed by atoms with E-state index in [0.717, 1.165) is 6.07 Å². The minimum Gasteiger partial charge on any atom is -0.504 e. The standard InChI is InChI=1S/C9H8BrNO4/c1-15-9-4-6(2-3-10)7(11(13)14)5-8(9)12/h2-5,12H,1H3/b3-2+. The van der Waals surface area contributed by atoms with Crippen molar-refractivity contribution in [2.75, 3.05) is 7.11 Å². The van der Waals surface area contributed by atoms with E-state index in [-0.39, 0.29) is 17.2 Å². The van der Waals surface area contributed by atoms with Crippen molar-refractivity contribution in [3.8, 4) is 11.5 Å². The van der Waals surface area contributed by atoms with Gasteiger partial charge in [-0.25, -0.2) is 0 Å². The van der Waals surface area contributed by atoms with Crippen LogP contribution >= 0.6 is 15.9 Å². The van der Waals surface area contributed by atoms with Crippen molar-refractivity contribution in [1.82, 2.24) is 0 Å². The molecule has 1 aromatic carbocycles. The van der Waals surface area contributed by atoms with Gasteiger partial charge in [-0.15, -0.1) is 0 Å². The van der Waals surface area contributed by atoms with Crippen LogP contribution in [0.15, 0.2) is 17.1 Å². The Labute approximate surface area is 94.3 Å². The van der Waals surface area contributed by atoms with E-state index in [0.29, 0.717) is 5.56 Å². The van der Waals surface area contributed by atoms with Gasteiger partial charge in [0.05, 0.1) is 23.7 Å². The number of aromatic hydroxyl groups is 1. The van der Waals surface area contributed by atoms with Crippen LogP contribution < -0.4 is 4.74 Å². The first-order valence-corrected chi connectivity index (χ1v) is 4.84. The van der Waals surface area contributed by atoms with Gasteiger partial charge in [-0.2, -0.15) is 0 Å². The molecule has 0 spiro atoms. The summed E-state index contributed by atoms with van der Waals surface area (Å²) >= 11 is 3.03. The van der Waals surface area contributed by atoms with Crippen LogP contribution in [-0.2, 0) is 0 Å². The molecule has 1 rings (SSSR count). The molecule has 0 aromatic heterocycles. The maximum absolute atomic E-state index is 10.7. The lowest BCUT2D eigenvalue weighted by Crippen LogP contribution is -1.93. The Morgan fingerprint density at radius 2 is 2.27 bits per heavy atom. The van der Waals surface area contributed by atoms with Crippen LogP contribution in [0.4, 0.5) is 5.69 Å². The largest absolute Gasteiger partial charge is 0.504 e.